The molecule has 2 aromatic rings. The first-order valence-electron chi connectivity index (χ1n) is 6.98. The molecular formula is C17H19BrN2O2. The average Bonchev–Trinajstić information content (AvgIpc) is 2.50. The number of aryl methyl sites for hydroxylation is 1. The smallest absolute Gasteiger partial charge is 0.319 e. The van der Waals surface area contributed by atoms with Crippen LogP contribution in [0.3, 0.4) is 0 Å². The number of halogens is 1. The number of benzene rings is 2. The van der Waals surface area contributed by atoms with Crippen molar-refractivity contribution in [3.05, 3.63) is 58.1 Å². The largest absolute Gasteiger partial charge is 0.495 e. The molecule has 2 amide bonds. The summed E-state index contributed by atoms with van der Waals surface area (Å²) in [6.07, 6.45) is 0. The van der Waals surface area contributed by atoms with Crippen molar-refractivity contribution in [3.8, 4) is 5.75 Å². The zero-order valence-electron chi connectivity index (χ0n) is 12.8. The van der Waals surface area contributed by atoms with Crippen LogP contribution < -0.4 is 15.4 Å². The van der Waals surface area contributed by atoms with E-state index in [4.69, 9.17) is 4.74 Å². The zero-order valence-corrected chi connectivity index (χ0v) is 14.4. The Hall–Kier alpha value is -2.01. The first-order valence-corrected chi connectivity index (χ1v) is 7.77. The van der Waals surface area contributed by atoms with E-state index in [9.17, 15) is 4.79 Å². The normalized spacial score (nSPS) is 11.6. The number of carbonyl (C=O) groups excluding carboxylic acids is 1. The lowest BCUT2D eigenvalue weighted by Crippen LogP contribution is -2.31. The minimum absolute atomic E-state index is 0.0806. The van der Waals surface area contributed by atoms with Crippen molar-refractivity contribution in [1.82, 2.24) is 5.32 Å². The summed E-state index contributed by atoms with van der Waals surface area (Å²) in [6, 6.07) is 13.2. The van der Waals surface area contributed by atoms with E-state index in [2.05, 4.69) is 26.6 Å². The number of hydrogen-bond acceptors (Lipinski definition) is 2. The molecule has 0 radical (unpaired) electrons. The molecule has 0 saturated carbocycles. The summed E-state index contributed by atoms with van der Waals surface area (Å²) in [6.45, 7) is 3.87. The van der Waals surface area contributed by atoms with Crippen LogP contribution in [0.5, 0.6) is 5.75 Å². The number of carbonyl (C=O) groups is 1. The van der Waals surface area contributed by atoms with Gasteiger partial charge in [0.2, 0.25) is 0 Å². The SMILES string of the molecule is COc1cc(Br)cc(C)c1NC(=O)NC(C)c1ccccc1. The third kappa shape index (κ3) is 4.01. The molecule has 0 bridgehead atoms. The van der Waals surface area contributed by atoms with Gasteiger partial charge in [-0.25, -0.2) is 4.79 Å². The maximum Gasteiger partial charge on any atom is 0.319 e. The minimum Gasteiger partial charge on any atom is -0.495 e. The van der Waals surface area contributed by atoms with Crippen molar-refractivity contribution in [1.29, 1.82) is 0 Å². The van der Waals surface area contributed by atoms with Crippen LogP contribution in [0.15, 0.2) is 46.9 Å². The number of methoxy groups -OCH3 is 1. The Labute approximate surface area is 139 Å². The van der Waals surface area contributed by atoms with Gasteiger partial charge in [-0.3, -0.25) is 0 Å². The van der Waals surface area contributed by atoms with Gasteiger partial charge in [-0.15, -0.1) is 0 Å². The maximum absolute atomic E-state index is 12.2. The topological polar surface area (TPSA) is 50.4 Å². The summed E-state index contributed by atoms with van der Waals surface area (Å²) < 4.78 is 6.23. The van der Waals surface area contributed by atoms with Crippen LogP contribution in [-0.4, -0.2) is 13.1 Å². The van der Waals surface area contributed by atoms with Gasteiger partial charge in [0.05, 0.1) is 18.8 Å². The van der Waals surface area contributed by atoms with E-state index in [0.717, 1.165) is 15.6 Å². The molecule has 0 aliphatic heterocycles. The van der Waals surface area contributed by atoms with E-state index >= 15 is 0 Å². The van der Waals surface area contributed by atoms with Gasteiger partial charge in [0.15, 0.2) is 0 Å². The van der Waals surface area contributed by atoms with E-state index in [1.54, 1.807) is 7.11 Å². The van der Waals surface area contributed by atoms with Crippen LogP contribution in [-0.2, 0) is 0 Å². The average molecular weight is 363 g/mol. The molecule has 0 aromatic heterocycles. The van der Waals surface area contributed by atoms with Crippen LogP contribution in [0, 0.1) is 6.92 Å². The third-order valence-corrected chi connectivity index (χ3v) is 3.83. The van der Waals surface area contributed by atoms with Crippen molar-refractivity contribution < 1.29 is 9.53 Å². The molecule has 116 valence electrons. The zero-order chi connectivity index (χ0) is 16.1. The van der Waals surface area contributed by atoms with Crippen LogP contribution >= 0.6 is 15.9 Å². The lowest BCUT2D eigenvalue weighted by atomic mass is 10.1. The number of ether oxygens (including phenoxy) is 1. The summed E-state index contributed by atoms with van der Waals surface area (Å²) in [5.41, 5.74) is 2.65. The molecule has 2 rings (SSSR count). The molecule has 4 nitrogen and oxygen atoms in total. The Kier molecular flexibility index (Phi) is 5.44. The first kappa shape index (κ1) is 16.4. The van der Waals surface area contributed by atoms with Gasteiger partial charge < -0.3 is 15.4 Å². The number of urea groups is 1. The highest BCUT2D eigenvalue weighted by atomic mass is 79.9. The van der Waals surface area contributed by atoms with Crippen molar-refractivity contribution in [2.45, 2.75) is 19.9 Å². The Bertz CT molecular complexity index is 659. The van der Waals surface area contributed by atoms with Gasteiger partial charge in [0, 0.05) is 4.47 Å². The fourth-order valence-corrected chi connectivity index (χ4v) is 2.76. The highest BCUT2D eigenvalue weighted by molar-refractivity contribution is 9.10. The van der Waals surface area contributed by atoms with E-state index < -0.39 is 0 Å². The molecule has 0 fully saturated rings. The number of nitrogens with one attached hydrogen (secondary N) is 2. The number of anilines is 1. The van der Waals surface area contributed by atoms with Crippen LogP contribution in [0.25, 0.3) is 0 Å². The molecule has 1 atom stereocenters. The highest BCUT2D eigenvalue weighted by Gasteiger charge is 2.14. The second-order valence-electron chi connectivity index (χ2n) is 5.03. The van der Waals surface area contributed by atoms with Gasteiger partial charge in [-0.2, -0.15) is 0 Å². The summed E-state index contributed by atoms with van der Waals surface area (Å²) >= 11 is 3.42. The minimum atomic E-state index is -0.264. The van der Waals surface area contributed by atoms with Crippen LogP contribution in [0.2, 0.25) is 0 Å². The van der Waals surface area contributed by atoms with Gasteiger partial charge in [-0.05, 0) is 37.1 Å². The number of amides is 2. The Morgan fingerprint density at radius 2 is 1.91 bits per heavy atom. The molecule has 22 heavy (non-hydrogen) atoms. The van der Waals surface area contributed by atoms with E-state index in [0.29, 0.717) is 11.4 Å². The summed E-state index contributed by atoms with van der Waals surface area (Å²) in [5.74, 6) is 0.620. The second kappa shape index (κ2) is 7.31. The van der Waals surface area contributed by atoms with Crippen molar-refractivity contribution >= 4 is 27.6 Å². The first-order chi connectivity index (χ1) is 10.5. The Balaban J connectivity index is 2.10. The number of rotatable bonds is 4. The van der Waals surface area contributed by atoms with Gasteiger partial charge in [0.1, 0.15) is 5.75 Å². The van der Waals surface area contributed by atoms with Gasteiger partial charge in [0.25, 0.3) is 0 Å². The van der Waals surface area contributed by atoms with E-state index in [-0.39, 0.29) is 12.1 Å². The fraction of sp³-hybridized carbons (Fsp3) is 0.235. The quantitative estimate of drug-likeness (QED) is 0.831. The Morgan fingerprint density at radius 1 is 1.23 bits per heavy atom. The third-order valence-electron chi connectivity index (χ3n) is 3.37. The summed E-state index contributed by atoms with van der Waals surface area (Å²) in [5, 5.41) is 5.78. The standard InChI is InChI=1S/C17H19BrN2O2/c1-11-9-14(18)10-15(22-3)16(11)20-17(21)19-12(2)13-7-5-4-6-8-13/h4-10,12H,1-3H3,(H2,19,20,21). The molecule has 2 aromatic carbocycles. The van der Waals surface area contributed by atoms with Crippen molar-refractivity contribution in [2.75, 3.05) is 12.4 Å². The van der Waals surface area contributed by atoms with E-state index in [1.807, 2.05) is 56.3 Å². The maximum atomic E-state index is 12.2. The molecule has 0 aliphatic rings. The monoisotopic (exact) mass is 362 g/mol. The summed E-state index contributed by atoms with van der Waals surface area (Å²) in [7, 11) is 1.58. The van der Waals surface area contributed by atoms with Crippen LogP contribution in [0.1, 0.15) is 24.1 Å². The molecule has 0 heterocycles. The predicted molar refractivity (Wildman–Crippen MR) is 92.4 cm³/mol. The van der Waals surface area contributed by atoms with Gasteiger partial charge in [-0.1, -0.05) is 46.3 Å². The fourth-order valence-electron chi connectivity index (χ4n) is 2.20. The molecule has 5 heteroatoms. The predicted octanol–water partition coefficient (Wildman–Crippen LogP) is 4.65. The number of hydrogen-bond donors (Lipinski definition) is 2. The van der Waals surface area contributed by atoms with Crippen molar-refractivity contribution in [3.63, 3.8) is 0 Å². The van der Waals surface area contributed by atoms with Crippen LogP contribution in [0.4, 0.5) is 10.5 Å². The molecule has 0 aliphatic carbocycles. The van der Waals surface area contributed by atoms with Crippen molar-refractivity contribution in [2.24, 2.45) is 0 Å². The highest BCUT2D eigenvalue weighted by Crippen LogP contribution is 2.32. The summed E-state index contributed by atoms with van der Waals surface area (Å²) in [4.78, 5) is 12.2. The molecular weight excluding hydrogens is 344 g/mol. The lowest BCUT2D eigenvalue weighted by Gasteiger charge is -2.17. The molecule has 2 N–H and O–H groups in total. The Morgan fingerprint density at radius 3 is 2.55 bits per heavy atom. The second-order valence-corrected chi connectivity index (χ2v) is 5.95. The lowest BCUT2D eigenvalue weighted by molar-refractivity contribution is 0.249. The van der Waals surface area contributed by atoms with Gasteiger partial charge >= 0.3 is 6.03 Å². The molecule has 0 saturated heterocycles. The van der Waals surface area contributed by atoms with E-state index in [1.165, 1.54) is 0 Å². The molecule has 1 unspecified atom stereocenters. The molecule has 0 spiro atoms.